The van der Waals surface area contributed by atoms with E-state index in [9.17, 15) is 4.79 Å². The van der Waals surface area contributed by atoms with Gasteiger partial charge in [-0.3, -0.25) is 4.79 Å². The molecule has 124 valence electrons. The average Bonchev–Trinajstić information content (AvgIpc) is 3.15. The van der Waals surface area contributed by atoms with Crippen molar-refractivity contribution in [2.24, 2.45) is 0 Å². The number of likely N-dealkylation sites (tertiary alicyclic amines) is 1. The van der Waals surface area contributed by atoms with Crippen LogP contribution in [0.15, 0.2) is 41.1 Å². The summed E-state index contributed by atoms with van der Waals surface area (Å²) >= 11 is 0. The summed E-state index contributed by atoms with van der Waals surface area (Å²) in [6, 6.07) is 8.04. The van der Waals surface area contributed by atoms with E-state index in [-0.39, 0.29) is 5.91 Å². The van der Waals surface area contributed by atoms with Gasteiger partial charge in [0.2, 0.25) is 0 Å². The molecule has 0 bridgehead atoms. The van der Waals surface area contributed by atoms with Crippen LogP contribution in [0, 0.1) is 6.92 Å². The Kier molecular flexibility index (Phi) is 3.80. The van der Waals surface area contributed by atoms with Gasteiger partial charge in [-0.2, -0.15) is 0 Å². The summed E-state index contributed by atoms with van der Waals surface area (Å²) in [5.41, 5.74) is 1.47. The second-order valence-electron chi connectivity index (χ2n) is 6.29. The molecule has 3 aromatic rings. The van der Waals surface area contributed by atoms with Crippen LogP contribution in [0.1, 0.15) is 41.4 Å². The van der Waals surface area contributed by atoms with E-state index in [1.165, 1.54) is 0 Å². The lowest BCUT2D eigenvalue weighted by molar-refractivity contribution is 0.0760. The van der Waals surface area contributed by atoms with E-state index in [4.69, 9.17) is 4.42 Å². The van der Waals surface area contributed by atoms with E-state index in [2.05, 4.69) is 10.3 Å². The molecule has 0 spiro atoms. The van der Waals surface area contributed by atoms with Crippen molar-refractivity contribution in [2.45, 2.75) is 32.2 Å². The third-order valence-electron chi connectivity index (χ3n) is 4.79. The number of para-hydroxylation sites is 1. The Balaban J connectivity index is 1.57. The second-order valence-corrected chi connectivity index (χ2v) is 6.29. The summed E-state index contributed by atoms with van der Waals surface area (Å²) < 4.78 is 7.66. The van der Waals surface area contributed by atoms with Gasteiger partial charge in [-0.25, -0.2) is 4.68 Å². The van der Waals surface area contributed by atoms with Gasteiger partial charge in [0.25, 0.3) is 5.91 Å². The monoisotopic (exact) mass is 324 g/mol. The maximum absolute atomic E-state index is 13.1. The number of aromatic nitrogens is 3. The van der Waals surface area contributed by atoms with Gasteiger partial charge in [0, 0.05) is 24.7 Å². The smallest absolute Gasteiger partial charge is 0.258 e. The van der Waals surface area contributed by atoms with E-state index in [0.717, 1.165) is 43.3 Å². The van der Waals surface area contributed by atoms with E-state index in [0.29, 0.717) is 17.4 Å². The molecule has 3 heterocycles. The number of rotatable bonds is 2. The predicted molar refractivity (Wildman–Crippen MR) is 89.8 cm³/mol. The summed E-state index contributed by atoms with van der Waals surface area (Å²) in [5, 5.41) is 8.89. The number of nitrogens with zero attached hydrogens (tertiary/aromatic N) is 4. The predicted octanol–water partition coefficient (Wildman–Crippen LogP) is 3.20. The highest BCUT2D eigenvalue weighted by molar-refractivity contribution is 6.07. The molecule has 1 saturated heterocycles. The quantitative estimate of drug-likeness (QED) is 0.726. The minimum atomic E-state index is 0.0664. The van der Waals surface area contributed by atoms with Crippen LogP contribution < -0.4 is 0 Å². The van der Waals surface area contributed by atoms with Crippen LogP contribution in [0.5, 0.6) is 0 Å². The first-order valence-electron chi connectivity index (χ1n) is 8.37. The zero-order valence-corrected chi connectivity index (χ0v) is 13.7. The van der Waals surface area contributed by atoms with Gasteiger partial charge in [0.15, 0.2) is 0 Å². The lowest BCUT2D eigenvalue weighted by Gasteiger charge is -2.20. The van der Waals surface area contributed by atoms with Gasteiger partial charge in [0.05, 0.1) is 17.8 Å². The molecule has 6 heteroatoms. The van der Waals surface area contributed by atoms with Crippen molar-refractivity contribution in [1.29, 1.82) is 0 Å². The number of benzene rings is 1. The highest BCUT2D eigenvalue weighted by atomic mass is 16.3. The van der Waals surface area contributed by atoms with Crippen molar-refractivity contribution < 1.29 is 9.21 Å². The largest absolute Gasteiger partial charge is 0.461 e. The third-order valence-corrected chi connectivity index (χ3v) is 4.79. The number of hydrogen-bond acceptors (Lipinski definition) is 4. The molecule has 1 aliphatic heterocycles. The Morgan fingerprint density at radius 1 is 1.25 bits per heavy atom. The Hall–Kier alpha value is -2.63. The fraction of sp³-hybridized carbons (Fsp3) is 0.389. The number of carbonyl (C=O) groups excluding carboxylic acids is 1. The molecule has 1 aliphatic rings. The minimum Gasteiger partial charge on any atom is -0.461 e. The molecule has 1 amide bonds. The molecular weight excluding hydrogens is 304 g/mol. The van der Waals surface area contributed by atoms with Gasteiger partial charge in [-0.1, -0.05) is 23.4 Å². The zero-order valence-electron chi connectivity index (χ0n) is 13.7. The Labute approximate surface area is 140 Å². The number of furan rings is 1. The molecule has 0 saturated carbocycles. The molecule has 6 nitrogen and oxygen atoms in total. The number of aryl methyl sites for hydroxylation is 1. The van der Waals surface area contributed by atoms with E-state index >= 15 is 0 Å². The van der Waals surface area contributed by atoms with Crippen molar-refractivity contribution >= 4 is 16.9 Å². The van der Waals surface area contributed by atoms with E-state index < -0.39 is 0 Å². The highest BCUT2D eigenvalue weighted by Gasteiger charge is 2.26. The van der Waals surface area contributed by atoms with Gasteiger partial charge in [-0.05, 0) is 32.3 Å². The molecule has 1 unspecified atom stereocenters. The zero-order chi connectivity index (χ0) is 16.5. The van der Waals surface area contributed by atoms with Crippen LogP contribution in [0.3, 0.4) is 0 Å². The number of carbonyl (C=O) groups is 1. The molecular formula is C18H20N4O2. The average molecular weight is 324 g/mol. The fourth-order valence-corrected chi connectivity index (χ4v) is 3.55. The second kappa shape index (κ2) is 6.11. The van der Waals surface area contributed by atoms with Crippen LogP contribution in [0.4, 0.5) is 0 Å². The molecule has 1 atom stereocenters. The van der Waals surface area contributed by atoms with Crippen LogP contribution in [-0.2, 0) is 0 Å². The summed E-state index contributed by atoms with van der Waals surface area (Å²) in [7, 11) is 0. The first-order chi connectivity index (χ1) is 11.7. The lowest BCUT2D eigenvalue weighted by atomic mass is 10.1. The Morgan fingerprint density at radius 2 is 2.12 bits per heavy atom. The van der Waals surface area contributed by atoms with E-state index in [1.807, 2.05) is 47.0 Å². The molecule has 24 heavy (non-hydrogen) atoms. The van der Waals surface area contributed by atoms with Gasteiger partial charge in [-0.15, -0.1) is 5.10 Å². The number of hydrogen-bond donors (Lipinski definition) is 0. The topological polar surface area (TPSA) is 64.2 Å². The SMILES string of the molecule is Cc1oc2ccccc2c1C(=O)N1CCCC(n2ccnn2)CC1. The lowest BCUT2D eigenvalue weighted by Crippen LogP contribution is -2.32. The summed E-state index contributed by atoms with van der Waals surface area (Å²) in [6.07, 6.45) is 6.47. The maximum Gasteiger partial charge on any atom is 0.258 e. The molecule has 2 aromatic heterocycles. The molecule has 0 N–H and O–H groups in total. The van der Waals surface area contributed by atoms with Crippen molar-refractivity contribution in [1.82, 2.24) is 19.9 Å². The Bertz CT molecular complexity index is 853. The minimum absolute atomic E-state index is 0.0664. The van der Waals surface area contributed by atoms with E-state index in [1.54, 1.807) is 6.20 Å². The summed E-state index contributed by atoms with van der Waals surface area (Å²) in [4.78, 5) is 15.0. The van der Waals surface area contributed by atoms with Crippen molar-refractivity contribution in [3.63, 3.8) is 0 Å². The first-order valence-corrected chi connectivity index (χ1v) is 8.37. The number of fused-ring (bicyclic) bond motifs is 1. The van der Waals surface area contributed by atoms with Crippen LogP contribution in [-0.4, -0.2) is 38.9 Å². The molecule has 0 aliphatic carbocycles. The van der Waals surface area contributed by atoms with Gasteiger partial charge < -0.3 is 9.32 Å². The van der Waals surface area contributed by atoms with Crippen LogP contribution in [0.2, 0.25) is 0 Å². The molecule has 1 aromatic carbocycles. The fourth-order valence-electron chi connectivity index (χ4n) is 3.55. The standard InChI is InChI=1S/C18H20N4O2/c1-13-17(15-6-2-3-7-16(15)24-13)18(23)21-10-4-5-14(8-11-21)22-12-9-19-20-22/h2-3,6-7,9,12,14H,4-5,8,10-11H2,1H3. The first kappa shape index (κ1) is 14.9. The molecule has 1 fully saturated rings. The van der Waals surface area contributed by atoms with Gasteiger partial charge in [0.1, 0.15) is 11.3 Å². The van der Waals surface area contributed by atoms with Crippen LogP contribution >= 0.6 is 0 Å². The summed E-state index contributed by atoms with van der Waals surface area (Å²) in [6.45, 7) is 3.36. The van der Waals surface area contributed by atoms with Crippen molar-refractivity contribution in [3.05, 3.63) is 48.0 Å². The highest BCUT2D eigenvalue weighted by Crippen LogP contribution is 2.28. The molecule has 4 rings (SSSR count). The van der Waals surface area contributed by atoms with Crippen molar-refractivity contribution in [2.75, 3.05) is 13.1 Å². The maximum atomic E-state index is 13.1. The Morgan fingerprint density at radius 3 is 2.96 bits per heavy atom. The van der Waals surface area contributed by atoms with Crippen LogP contribution in [0.25, 0.3) is 11.0 Å². The van der Waals surface area contributed by atoms with Gasteiger partial charge >= 0.3 is 0 Å². The third kappa shape index (κ3) is 2.58. The van der Waals surface area contributed by atoms with Crippen molar-refractivity contribution in [3.8, 4) is 0 Å². The summed E-state index contributed by atoms with van der Waals surface area (Å²) in [5.74, 6) is 0.759. The normalized spacial score (nSPS) is 18.7. The number of amides is 1. The molecule has 0 radical (unpaired) electrons.